The van der Waals surface area contributed by atoms with Gasteiger partial charge in [0.05, 0.1) is 12.3 Å². The summed E-state index contributed by atoms with van der Waals surface area (Å²) in [6.07, 6.45) is 1.63. The first-order valence-electron chi connectivity index (χ1n) is 7.31. The fourth-order valence-electron chi connectivity index (χ4n) is 2.53. The molecule has 0 aliphatic carbocycles. The van der Waals surface area contributed by atoms with Crippen molar-refractivity contribution in [3.8, 4) is 0 Å². The molecule has 0 aliphatic heterocycles. The van der Waals surface area contributed by atoms with Crippen molar-refractivity contribution in [2.75, 3.05) is 20.6 Å². The van der Waals surface area contributed by atoms with Gasteiger partial charge >= 0.3 is 0 Å². The van der Waals surface area contributed by atoms with Crippen LogP contribution in [-0.4, -0.2) is 36.4 Å². The van der Waals surface area contributed by atoms with Crippen LogP contribution in [-0.2, 0) is 0 Å². The molecule has 0 saturated carbocycles. The number of nitrogens with zero attached hydrogens (tertiary/aromatic N) is 1. The number of aromatic nitrogens is 1. The molecule has 0 bridgehead atoms. The molecule has 0 saturated heterocycles. The maximum Gasteiger partial charge on any atom is 0.267 e. The monoisotopic (exact) mass is 331 g/mol. The first kappa shape index (κ1) is 15.6. The van der Waals surface area contributed by atoms with Crippen LogP contribution in [0, 0.1) is 0 Å². The Balaban J connectivity index is 1.72. The lowest BCUT2D eigenvalue weighted by atomic mass is 10.2. The molecule has 6 heteroatoms. The molecule has 2 N–H and O–H groups in total. The number of rotatable bonds is 5. The van der Waals surface area contributed by atoms with Gasteiger partial charge in [-0.25, -0.2) is 0 Å². The maximum absolute atomic E-state index is 12.4. The molecule has 3 rings (SSSR count). The van der Waals surface area contributed by atoms with E-state index < -0.39 is 0 Å². The zero-order chi connectivity index (χ0) is 16.4. The Morgan fingerprint density at radius 1 is 1.35 bits per heavy atom. The summed E-state index contributed by atoms with van der Waals surface area (Å²) in [5, 5.41) is 4.50. The van der Waals surface area contributed by atoms with Crippen molar-refractivity contribution in [1.29, 1.82) is 0 Å². The van der Waals surface area contributed by atoms with E-state index >= 15 is 0 Å². The predicted molar refractivity (Wildman–Crippen MR) is 90.8 cm³/mol. The van der Waals surface area contributed by atoms with E-state index in [1.807, 2.05) is 43.3 Å². The summed E-state index contributed by atoms with van der Waals surface area (Å²) in [4.78, 5) is 17.5. The van der Waals surface area contributed by atoms with Crippen LogP contribution in [0.5, 0.6) is 0 Å². The van der Waals surface area contributed by atoms with Crippen molar-refractivity contribution >= 4 is 28.4 Å². The minimum Gasteiger partial charge on any atom is -0.468 e. The number of benzene rings is 1. The van der Waals surface area contributed by atoms with Gasteiger partial charge in [0.1, 0.15) is 11.5 Å². The predicted octanol–water partition coefficient (Wildman–Crippen LogP) is 3.45. The number of hydrogen-bond acceptors (Lipinski definition) is 3. The van der Waals surface area contributed by atoms with Gasteiger partial charge in [0.25, 0.3) is 5.91 Å². The summed E-state index contributed by atoms with van der Waals surface area (Å²) < 4.78 is 5.44. The number of amides is 1. The molecule has 5 nitrogen and oxygen atoms in total. The van der Waals surface area contributed by atoms with Crippen molar-refractivity contribution in [2.45, 2.75) is 6.04 Å². The average Bonchev–Trinajstić information content (AvgIpc) is 3.15. The molecule has 1 atom stereocenters. The Bertz CT molecular complexity index is 808. The number of furan rings is 1. The fourth-order valence-corrected chi connectivity index (χ4v) is 2.71. The highest BCUT2D eigenvalue weighted by Gasteiger charge is 2.19. The van der Waals surface area contributed by atoms with E-state index in [0.29, 0.717) is 17.3 Å². The smallest absolute Gasteiger partial charge is 0.267 e. The third-order valence-electron chi connectivity index (χ3n) is 3.78. The number of carbonyl (C=O) groups is 1. The molecule has 0 spiro atoms. The summed E-state index contributed by atoms with van der Waals surface area (Å²) in [6, 6.07) is 11.0. The van der Waals surface area contributed by atoms with Crippen LogP contribution >= 0.6 is 11.6 Å². The highest BCUT2D eigenvalue weighted by atomic mass is 35.5. The fraction of sp³-hybridized carbons (Fsp3) is 0.235. The minimum atomic E-state index is -0.157. The zero-order valence-electron chi connectivity index (χ0n) is 13.0. The normalized spacial score (nSPS) is 12.7. The van der Waals surface area contributed by atoms with Crippen molar-refractivity contribution in [3.63, 3.8) is 0 Å². The molecule has 0 aliphatic rings. The quantitative estimate of drug-likeness (QED) is 0.752. The van der Waals surface area contributed by atoms with Gasteiger partial charge in [0.2, 0.25) is 0 Å². The van der Waals surface area contributed by atoms with Crippen LogP contribution in [0.25, 0.3) is 10.9 Å². The molecule has 2 aromatic heterocycles. The highest BCUT2D eigenvalue weighted by Crippen LogP contribution is 2.21. The van der Waals surface area contributed by atoms with E-state index in [2.05, 4.69) is 10.3 Å². The summed E-state index contributed by atoms with van der Waals surface area (Å²) in [7, 11) is 3.90. The molecule has 1 aromatic carbocycles. The first-order valence-corrected chi connectivity index (χ1v) is 7.68. The highest BCUT2D eigenvalue weighted by molar-refractivity contribution is 6.31. The maximum atomic E-state index is 12.4. The number of likely N-dealkylation sites (N-methyl/N-ethyl adjacent to an activating group) is 1. The number of carbonyl (C=O) groups excluding carboxylic acids is 1. The Labute approximate surface area is 139 Å². The molecular weight excluding hydrogens is 314 g/mol. The molecule has 0 fully saturated rings. The van der Waals surface area contributed by atoms with E-state index in [1.165, 1.54) is 0 Å². The third-order valence-corrected chi connectivity index (χ3v) is 4.01. The van der Waals surface area contributed by atoms with Crippen LogP contribution in [0.3, 0.4) is 0 Å². The molecule has 1 unspecified atom stereocenters. The van der Waals surface area contributed by atoms with Crippen molar-refractivity contribution < 1.29 is 9.21 Å². The molecular formula is C17H18ClN3O2. The molecule has 3 aromatic rings. The van der Waals surface area contributed by atoms with Crippen LogP contribution in [0.2, 0.25) is 5.02 Å². The van der Waals surface area contributed by atoms with Gasteiger partial charge in [-0.1, -0.05) is 11.6 Å². The Kier molecular flexibility index (Phi) is 4.41. The summed E-state index contributed by atoms with van der Waals surface area (Å²) in [5.41, 5.74) is 1.40. The van der Waals surface area contributed by atoms with Gasteiger partial charge in [0.15, 0.2) is 0 Å². The number of halogens is 1. The number of nitrogens with one attached hydrogen (secondary N) is 2. The third kappa shape index (κ3) is 3.41. The zero-order valence-corrected chi connectivity index (χ0v) is 13.7. The Morgan fingerprint density at radius 2 is 2.17 bits per heavy atom. The van der Waals surface area contributed by atoms with Crippen molar-refractivity contribution in [3.05, 3.63) is 59.1 Å². The summed E-state index contributed by atoms with van der Waals surface area (Å²) >= 11 is 5.97. The second kappa shape index (κ2) is 6.48. The van der Waals surface area contributed by atoms with Crippen LogP contribution in [0.1, 0.15) is 22.3 Å². The SMILES string of the molecule is CN(C)C(CNC(=O)c1cc2cc(Cl)ccc2[nH]1)c1ccco1. The topological polar surface area (TPSA) is 61.3 Å². The van der Waals surface area contributed by atoms with E-state index in [-0.39, 0.29) is 11.9 Å². The van der Waals surface area contributed by atoms with E-state index in [1.54, 1.807) is 18.4 Å². The first-order chi connectivity index (χ1) is 11.0. The standard InChI is InChI=1S/C17H18ClN3O2/c1-21(2)15(16-4-3-7-23-16)10-19-17(22)14-9-11-8-12(18)5-6-13(11)20-14/h3-9,15,20H,10H2,1-2H3,(H,19,22). The lowest BCUT2D eigenvalue weighted by Gasteiger charge is -2.22. The number of hydrogen-bond donors (Lipinski definition) is 2. The lowest BCUT2D eigenvalue weighted by molar-refractivity contribution is 0.0935. The van der Waals surface area contributed by atoms with Crippen molar-refractivity contribution in [1.82, 2.24) is 15.2 Å². The number of aromatic amines is 1. The van der Waals surface area contributed by atoms with Gasteiger partial charge in [-0.2, -0.15) is 0 Å². The van der Waals surface area contributed by atoms with E-state index in [4.69, 9.17) is 16.0 Å². The van der Waals surface area contributed by atoms with Crippen LogP contribution < -0.4 is 5.32 Å². The Hall–Kier alpha value is -2.24. The van der Waals surface area contributed by atoms with Gasteiger partial charge in [0, 0.05) is 22.5 Å². The number of H-pyrrole nitrogens is 1. The van der Waals surface area contributed by atoms with Gasteiger partial charge in [-0.3, -0.25) is 9.69 Å². The summed E-state index contributed by atoms with van der Waals surface area (Å²) in [5.74, 6) is 0.662. The van der Waals surface area contributed by atoms with E-state index in [9.17, 15) is 4.79 Å². The molecule has 120 valence electrons. The number of fused-ring (bicyclic) bond motifs is 1. The second-order valence-electron chi connectivity index (χ2n) is 5.62. The largest absolute Gasteiger partial charge is 0.468 e. The van der Waals surface area contributed by atoms with Gasteiger partial charge in [-0.05, 0) is 50.5 Å². The minimum absolute atomic E-state index is 0.0206. The molecule has 23 heavy (non-hydrogen) atoms. The second-order valence-corrected chi connectivity index (χ2v) is 6.06. The van der Waals surface area contributed by atoms with Gasteiger partial charge in [-0.15, -0.1) is 0 Å². The molecule has 2 heterocycles. The molecule has 1 amide bonds. The lowest BCUT2D eigenvalue weighted by Crippen LogP contribution is -2.34. The average molecular weight is 332 g/mol. The Morgan fingerprint density at radius 3 is 2.87 bits per heavy atom. The summed E-state index contributed by atoms with van der Waals surface area (Å²) in [6.45, 7) is 0.454. The van der Waals surface area contributed by atoms with E-state index in [0.717, 1.165) is 16.7 Å². The van der Waals surface area contributed by atoms with Crippen molar-refractivity contribution in [2.24, 2.45) is 0 Å². The van der Waals surface area contributed by atoms with Crippen LogP contribution in [0.4, 0.5) is 0 Å². The molecule has 0 radical (unpaired) electrons. The van der Waals surface area contributed by atoms with Crippen LogP contribution in [0.15, 0.2) is 47.1 Å². The van der Waals surface area contributed by atoms with Gasteiger partial charge < -0.3 is 14.7 Å².